The van der Waals surface area contributed by atoms with Crippen molar-refractivity contribution in [2.24, 2.45) is 0 Å². The van der Waals surface area contributed by atoms with E-state index in [1.165, 1.54) is 25.6 Å². The number of nitrogens with zero attached hydrogens (tertiary/aromatic N) is 21. The van der Waals surface area contributed by atoms with E-state index in [2.05, 4.69) is 200 Å². The molecule has 33 heteroatoms. The largest absolute Gasteiger partial charge is 0.462 e. The first-order chi connectivity index (χ1) is 67.6. The van der Waals surface area contributed by atoms with Crippen molar-refractivity contribution in [1.82, 2.24) is 59.3 Å². The van der Waals surface area contributed by atoms with Crippen molar-refractivity contribution in [3.05, 3.63) is 231 Å². The molecule has 2 unspecified atom stereocenters. The molecule has 10 aromatic rings. The highest BCUT2D eigenvalue weighted by atomic mass is 35.5. The molecular formula is C106H114ClF4N21O7. The van der Waals surface area contributed by atoms with Gasteiger partial charge in [-0.05, 0) is 145 Å². The molecule has 3 aromatic heterocycles. The molecule has 3 amide bonds. The molecule has 1 N–H and O–H groups in total. The number of alkyl halides is 1. The van der Waals surface area contributed by atoms with Crippen molar-refractivity contribution < 1.29 is 51.3 Å². The fourth-order valence-electron chi connectivity index (χ4n) is 23.0. The summed E-state index contributed by atoms with van der Waals surface area (Å²) < 4.78 is 78.4. The number of hydrogen-bond acceptors (Lipinski definition) is 25. The number of nitriles is 3. The molecule has 6 saturated heterocycles. The van der Waals surface area contributed by atoms with Gasteiger partial charge in [-0.2, -0.15) is 45.7 Å². The summed E-state index contributed by atoms with van der Waals surface area (Å²) in [5.74, 6) is -3.96. The second-order valence-corrected chi connectivity index (χ2v) is 38.6. The summed E-state index contributed by atoms with van der Waals surface area (Å²) in [5, 5.41) is 48.1. The number of carbonyl (C=O) groups excluding carboxylic acids is 3. The number of aromatic nitrogens is 6. The Morgan fingerprint density at radius 3 is 1.32 bits per heavy atom. The van der Waals surface area contributed by atoms with Gasteiger partial charge >= 0.3 is 18.0 Å². The van der Waals surface area contributed by atoms with Crippen LogP contribution in [-0.4, -0.2) is 263 Å². The van der Waals surface area contributed by atoms with E-state index in [1.54, 1.807) is 0 Å². The van der Waals surface area contributed by atoms with Crippen LogP contribution in [0.5, 0.6) is 18.0 Å². The number of ether oxygens (including phenoxy) is 3. The SMILES string of the molecule is C=C(F)C(=O)N1CCN(c2nc(OC[C@@H]3CC(c4cc(N5CCc6c(nc(OC[C@@H]7CCCN7CCF)nc6N6CCN(C(=O)C(=C)F)[C@@H](CC#N)C6)C5)c5c(Cl)cccc5c4)CN3CCO)nc3c2CCN(c2cc(C4C[C@@H](COc5nc6c(c(N7CCN(C(=O)C(=C)F)[C@@H](CC#N)C7)n5)CCN(c5cccc7cccc(C)c57)C6)N(Cc5ccccc5)C4)cc4cccc(C)c24)C3)C[C@@H]1CC#N. The fraction of sp³-hybridized carbons (Fsp3) is 0.434. The number of anilines is 6. The third-order valence-electron chi connectivity index (χ3n) is 29.8. The maximum atomic E-state index is 14.9. The normalized spacial score (nSPS) is 21.3. The Labute approximate surface area is 811 Å². The first-order valence-electron chi connectivity index (χ1n) is 48.4. The number of fused-ring (bicyclic) bond motifs is 6. The first kappa shape index (κ1) is 94.7. The number of rotatable bonds is 29. The molecule has 0 spiro atoms. The number of benzene rings is 7. The summed E-state index contributed by atoms with van der Waals surface area (Å²) in [5.41, 5.74) is 13.7. The van der Waals surface area contributed by atoms with Crippen molar-refractivity contribution in [2.45, 2.75) is 152 Å². The molecule has 12 heterocycles. The Morgan fingerprint density at radius 1 is 0.446 bits per heavy atom. The smallest absolute Gasteiger partial charge is 0.318 e. The molecule has 19 rings (SSSR count). The van der Waals surface area contributed by atoms with Gasteiger partial charge in [-0.3, -0.25) is 29.1 Å². The minimum atomic E-state index is -1.10. The molecular weight excluding hydrogens is 1790 g/mol. The molecule has 9 aliphatic heterocycles. The van der Waals surface area contributed by atoms with Gasteiger partial charge in [0.05, 0.1) is 104 Å². The molecule has 8 atom stereocenters. The van der Waals surface area contributed by atoms with E-state index in [-0.39, 0.29) is 139 Å². The second kappa shape index (κ2) is 41.4. The van der Waals surface area contributed by atoms with Gasteiger partial charge in [0.2, 0.25) is 0 Å². The predicted molar refractivity (Wildman–Crippen MR) is 526 cm³/mol. The van der Waals surface area contributed by atoms with Crippen molar-refractivity contribution in [3.8, 4) is 36.2 Å². The average molecular weight is 1910 g/mol. The van der Waals surface area contributed by atoms with E-state index >= 15 is 0 Å². The topological polar surface area (TPSA) is 287 Å². The monoisotopic (exact) mass is 1900 g/mol. The Hall–Kier alpha value is -13.3. The molecule has 0 bridgehead atoms. The van der Waals surface area contributed by atoms with Gasteiger partial charge in [0.1, 0.15) is 43.9 Å². The number of carbonyl (C=O) groups is 3. The van der Waals surface area contributed by atoms with Crippen LogP contribution in [0.1, 0.15) is 118 Å². The summed E-state index contributed by atoms with van der Waals surface area (Å²) in [7, 11) is 0. The minimum Gasteiger partial charge on any atom is -0.462 e. The third kappa shape index (κ3) is 19.7. The quantitative estimate of drug-likeness (QED) is 0.0336. The maximum absolute atomic E-state index is 14.9. The predicted octanol–water partition coefficient (Wildman–Crippen LogP) is 14.2. The molecule has 6 fully saturated rings. The van der Waals surface area contributed by atoms with Crippen molar-refractivity contribution in [1.29, 1.82) is 15.8 Å². The Bertz CT molecular complexity index is 6530. The van der Waals surface area contributed by atoms with E-state index in [0.717, 1.165) is 120 Å². The highest BCUT2D eigenvalue weighted by Gasteiger charge is 2.44. The van der Waals surface area contributed by atoms with Gasteiger partial charge in [-0.15, -0.1) is 0 Å². The van der Waals surface area contributed by atoms with Crippen LogP contribution in [-0.2, 0) is 59.8 Å². The van der Waals surface area contributed by atoms with E-state index < -0.39 is 60.0 Å². The number of aliphatic hydroxyl groups is 1. The molecule has 720 valence electrons. The highest BCUT2D eigenvalue weighted by molar-refractivity contribution is 6.36. The van der Waals surface area contributed by atoms with Crippen LogP contribution >= 0.6 is 11.6 Å². The number of aliphatic hydroxyl groups excluding tert-OH is 1. The molecule has 139 heavy (non-hydrogen) atoms. The third-order valence-corrected chi connectivity index (χ3v) is 30.1. The van der Waals surface area contributed by atoms with Crippen LogP contribution in [0.3, 0.4) is 0 Å². The Morgan fingerprint density at radius 2 is 0.863 bits per heavy atom. The summed E-state index contributed by atoms with van der Waals surface area (Å²) in [6, 6.07) is 49.5. The van der Waals surface area contributed by atoms with Gasteiger partial charge in [-0.25, -0.2) is 17.6 Å². The van der Waals surface area contributed by atoms with Crippen LogP contribution in [0.4, 0.5) is 52.1 Å². The number of likely N-dealkylation sites (tertiary alicyclic amines) is 3. The lowest BCUT2D eigenvalue weighted by Gasteiger charge is -2.42. The summed E-state index contributed by atoms with van der Waals surface area (Å²) in [6.07, 6.45) is 4.57. The van der Waals surface area contributed by atoms with E-state index in [4.69, 9.17) is 55.7 Å². The minimum absolute atomic E-state index is 0.0137. The molecule has 28 nitrogen and oxygen atoms in total. The number of amides is 3. The average Bonchev–Trinajstić information content (AvgIpc) is 1.43. The Balaban J connectivity index is 0.614. The molecule has 0 radical (unpaired) electrons. The lowest BCUT2D eigenvalue weighted by atomic mass is 9.91. The zero-order valence-corrected chi connectivity index (χ0v) is 79.3. The summed E-state index contributed by atoms with van der Waals surface area (Å²) in [4.78, 5) is 95.7. The van der Waals surface area contributed by atoms with Crippen LogP contribution < -0.4 is 43.6 Å². The van der Waals surface area contributed by atoms with E-state index in [0.29, 0.717) is 139 Å². The van der Waals surface area contributed by atoms with Crippen molar-refractivity contribution in [2.75, 3.05) is 174 Å². The number of aryl methyl sites for hydroxylation is 2. The fourth-order valence-corrected chi connectivity index (χ4v) is 23.2. The molecule has 7 aromatic carbocycles. The number of β-amino-alcohol motifs (C(OH)–C–C–N with tert-alkyl or cyclic N) is 1. The van der Waals surface area contributed by atoms with Crippen LogP contribution in [0.15, 0.2) is 165 Å². The summed E-state index contributed by atoms with van der Waals surface area (Å²) >= 11 is 7.32. The van der Waals surface area contributed by atoms with Crippen molar-refractivity contribution in [3.63, 3.8) is 0 Å². The summed E-state index contributed by atoms with van der Waals surface area (Å²) in [6.45, 7) is 22.4. The van der Waals surface area contributed by atoms with Crippen LogP contribution in [0.2, 0.25) is 5.02 Å². The van der Waals surface area contributed by atoms with E-state index in [1.807, 2.05) is 23.1 Å². The zero-order chi connectivity index (χ0) is 96.4. The lowest BCUT2D eigenvalue weighted by molar-refractivity contribution is -0.132. The Kier molecular flexibility index (Phi) is 28.2. The second-order valence-electron chi connectivity index (χ2n) is 38.2. The lowest BCUT2D eigenvalue weighted by Crippen LogP contribution is -2.55. The number of halogens is 5. The molecule has 0 aliphatic carbocycles. The number of piperazine rings is 3. The van der Waals surface area contributed by atoms with Gasteiger partial charge in [0.25, 0.3) is 17.7 Å². The van der Waals surface area contributed by atoms with Crippen LogP contribution in [0.25, 0.3) is 32.3 Å². The van der Waals surface area contributed by atoms with Gasteiger partial charge in [0, 0.05) is 179 Å². The highest BCUT2D eigenvalue weighted by Crippen LogP contribution is 2.47. The number of hydrogen-bond donors (Lipinski definition) is 1. The standard InChI is InChI=1S/C106H114ClF4N21O7/c1-66-14-9-18-72-19-12-24-92(95(66)72)123-36-28-85-89(60-123)115-106(120-98(85)126-40-43-130(101(134)68(3)109)79(57-126)25-32-112)139-65-84-51-78(56-129(84)54-71-16-7-6-8-17-71)75-48-73-20-10-15-67(2)96(73)93(52-75)124-37-29-86-90(61-124)117-105(119-100(86)128-42-45-132(103(136)70(5)111)81(59-128)27-34-114)138-64-83-50-77(55-122(83)46-47-133)76-49-74-21-11-23-88(107)97(74)94(53-76)125-38-30-87-91(62-125)116-104(137-63-82-22-13-35-121(82)39-31-108)118-99(87)127-41-44-131(102(135)69(4)110)80(58-127)26-33-113/h6-12,14-21,23-24,48-49,52-53,77-84,133H,3-5,13,22,25-31,35-47,50-51,54-65H2,1-2H3/t77?,78?,79-,80-,81-,82-,83-,84-/m0/s1. The van der Waals surface area contributed by atoms with E-state index in [9.17, 15) is 52.8 Å². The zero-order valence-electron chi connectivity index (χ0n) is 78.5. The van der Waals surface area contributed by atoms with Gasteiger partial charge in [0.15, 0.2) is 17.5 Å². The van der Waals surface area contributed by atoms with Gasteiger partial charge < -0.3 is 63.4 Å². The first-order valence-corrected chi connectivity index (χ1v) is 48.8. The van der Waals surface area contributed by atoms with Crippen LogP contribution in [0, 0.1) is 47.8 Å². The molecule has 9 aliphatic rings. The van der Waals surface area contributed by atoms with Gasteiger partial charge in [-0.1, -0.05) is 134 Å². The van der Waals surface area contributed by atoms with Crippen molar-refractivity contribution >= 4 is 96.2 Å². The molecule has 0 saturated carbocycles. The maximum Gasteiger partial charge on any atom is 0.318 e.